The molecular formula is C44H53ClN8O3. The van der Waals surface area contributed by atoms with Gasteiger partial charge < -0.3 is 26.0 Å². The number of halogens is 1. The molecule has 0 bridgehead atoms. The molecule has 7 rings (SSSR count). The number of ether oxygens (including phenoxy) is 1. The van der Waals surface area contributed by atoms with Crippen LogP contribution in [0.1, 0.15) is 82.3 Å². The van der Waals surface area contributed by atoms with E-state index in [2.05, 4.69) is 76.3 Å². The Morgan fingerprint density at radius 3 is 2.46 bits per heavy atom. The van der Waals surface area contributed by atoms with E-state index in [-0.39, 0.29) is 24.4 Å². The minimum atomic E-state index is -0.262. The van der Waals surface area contributed by atoms with Crippen LogP contribution in [0.15, 0.2) is 66.9 Å². The van der Waals surface area contributed by atoms with Gasteiger partial charge in [0.15, 0.2) is 5.65 Å². The summed E-state index contributed by atoms with van der Waals surface area (Å²) in [5.74, 6) is -0.521. The van der Waals surface area contributed by atoms with Crippen LogP contribution in [-0.4, -0.2) is 76.4 Å². The van der Waals surface area contributed by atoms with Crippen molar-refractivity contribution in [2.45, 2.75) is 85.2 Å². The molecule has 0 saturated carbocycles. The van der Waals surface area contributed by atoms with Gasteiger partial charge in [0.25, 0.3) is 11.8 Å². The number of fused-ring (bicyclic) bond motifs is 1. The summed E-state index contributed by atoms with van der Waals surface area (Å²) in [4.78, 5) is 34.8. The van der Waals surface area contributed by atoms with Crippen LogP contribution in [0.4, 0.5) is 5.69 Å². The molecule has 0 spiro atoms. The lowest BCUT2D eigenvalue weighted by Gasteiger charge is -2.31. The van der Waals surface area contributed by atoms with E-state index < -0.39 is 0 Å². The van der Waals surface area contributed by atoms with Gasteiger partial charge in [-0.2, -0.15) is 5.10 Å². The van der Waals surface area contributed by atoms with Crippen molar-refractivity contribution < 1.29 is 14.3 Å². The molecule has 4 N–H and O–H groups in total. The Bertz CT molecular complexity index is 2200. The lowest BCUT2D eigenvalue weighted by atomic mass is 10.00. The van der Waals surface area contributed by atoms with Gasteiger partial charge in [-0.1, -0.05) is 42.8 Å². The zero-order valence-electron chi connectivity index (χ0n) is 32.9. The van der Waals surface area contributed by atoms with Crippen LogP contribution in [0.5, 0.6) is 0 Å². The van der Waals surface area contributed by atoms with Crippen molar-refractivity contribution in [2.24, 2.45) is 0 Å². The van der Waals surface area contributed by atoms with E-state index in [4.69, 9.17) is 21.3 Å². The number of amides is 2. The summed E-state index contributed by atoms with van der Waals surface area (Å²) in [6.45, 7) is 14.9. The second-order valence-electron chi connectivity index (χ2n) is 15.1. The molecule has 2 aliphatic heterocycles. The number of piperazine rings is 1. The predicted octanol–water partition coefficient (Wildman–Crippen LogP) is 6.89. The lowest BCUT2D eigenvalue weighted by Crippen LogP contribution is -2.48. The molecule has 12 heteroatoms. The summed E-state index contributed by atoms with van der Waals surface area (Å²) >= 11 is 6.72. The van der Waals surface area contributed by atoms with Crippen LogP contribution in [0.3, 0.4) is 0 Å². The zero-order valence-corrected chi connectivity index (χ0v) is 33.6. The number of rotatable bonds is 13. The number of benzene rings is 3. The van der Waals surface area contributed by atoms with Gasteiger partial charge in [0.05, 0.1) is 17.3 Å². The molecule has 2 saturated heterocycles. The second kappa shape index (κ2) is 18.0. The summed E-state index contributed by atoms with van der Waals surface area (Å²) in [6, 6.07) is 20.4. The van der Waals surface area contributed by atoms with Gasteiger partial charge in [0, 0.05) is 104 Å². The molecule has 0 unspecified atom stereocenters. The molecule has 2 fully saturated rings. The molecular weight excluding hydrogens is 724 g/mol. The number of carbonyl (C=O) groups excluding carboxylic acids is 2. The Labute approximate surface area is 334 Å². The largest absolute Gasteiger partial charge is 0.381 e. The predicted molar refractivity (Wildman–Crippen MR) is 223 cm³/mol. The van der Waals surface area contributed by atoms with Gasteiger partial charge in [-0.3, -0.25) is 14.5 Å². The quantitative estimate of drug-likeness (QED) is 0.102. The van der Waals surface area contributed by atoms with Crippen molar-refractivity contribution in [3.63, 3.8) is 0 Å². The third kappa shape index (κ3) is 9.24. The number of hydrogen-bond acceptors (Lipinski definition) is 8. The monoisotopic (exact) mass is 776 g/mol. The first kappa shape index (κ1) is 39.4. The van der Waals surface area contributed by atoms with E-state index in [1.165, 1.54) is 5.56 Å². The van der Waals surface area contributed by atoms with Crippen molar-refractivity contribution in [2.75, 3.05) is 38.2 Å². The Hall–Kier alpha value is -4.81. The second-order valence-corrected chi connectivity index (χ2v) is 15.5. The smallest absolute Gasteiger partial charge is 0.251 e. The number of pyridine rings is 1. The molecule has 4 heterocycles. The van der Waals surface area contributed by atoms with Crippen molar-refractivity contribution >= 4 is 40.1 Å². The van der Waals surface area contributed by atoms with Crippen LogP contribution in [0.25, 0.3) is 22.2 Å². The maximum Gasteiger partial charge on any atom is 0.251 e. The van der Waals surface area contributed by atoms with Crippen molar-refractivity contribution in [1.82, 2.24) is 35.6 Å². The average Bonchev–Trinajstić information content (AvgIpc) is 3.63. The van der Waals surface area contributed by atoms with E-state index in [0.29, 0.717) is 54.9 Å². The molecule has 294 valence electrons. The first-order valence-corrected chi connectivity index (χ1v) is 20.3. The number of nitrogens with zero attached hydrogens (tertiary/aromatic N) is 4. The molecule has 5 aromatic rings. The van der Waals surface area contributed by atoms with Gasteiger partial charge in [-0.25, -0.2) is 9.67 Å². The fourth-order valence-electron chi connectivity index (χ4n) is 7.86. The molecule has 0 aliphatic carbocycles. The highest BCUT2D eigenvalue weighted by molar-refractivity contribution is 6.33. The van der Waals surface area contributed by atoms with E-state index >= 15 is 0 Å². The normalized spacial score (nSPS) is 16.6. The minimum Gasteiger partial charge on any atom is -0.381 e. The van der Waals surface area contributed by atoms with Gasteiger partial charge in [0.2, 0.25) is 0 Å². The van der Waals surface area contributed by atoms with Crippen LogP contribution in [-0.2, 0) is 37.3 Å². The molecule has 1 atom stereocenters. The average molecular weight is 777 g/mol. The topological polar surface area (TPSA) is 125 Å². The van der Waals surface area contributed by atoms with E-state index in [9.17, 15) is 9.59 Å². The van der Waals surface area contributed by atoms with Gasteiger partial charge in [-0.05, 0) is 98.7 Å². The molecule has 2 aliphatic rings. The van der Waals surface area contributed by atoms with Crippen LogP contribution in [0.2, 0.25) is 5.02 Å². The molecule has 11 nitrogen and oxygen atoms in total. The van der Waals surface area contributed by atoms with Gasteiger partial charge in [0.1, 0.15) is 0 Å². The van der Waals surface area contributed by atoms with Gasteiger partial charge >= 0.3 is 0 Å². The van der Waals surface area contributed by atoms with E-state index in [0.717, 1.165) is 89.3 Å². The van der Waals surface area contributed by atoms with Crippen LogP contribution < -0.4 is 21.3 Å². The Balaban J connectivity index is 1.04. The van der Waals surface area contributed by atoms with Crippen molar-refractivity contribution in [3.05, 3.63) is 111 Å². The molecule has 2 amide bonds. The first-order chi connectivity index (χ1) is 27.2. The summed E-state index contributed by atoms with van der Waals surface area (Å²) in [5, 5.41) is 19.7. The number of hydrogen-bond donors (Lipinski definition) is 4. The summed E-state index contributed by atoms with van der Waals surface area (Å²) in [5.41, 5.74) is 9.46. The van der Waals surface area contributed by atoms with Gasteiger partial charge in [-0.15, -0.1) is 0 Å². The highest BCUT2D eigenvalue weighted by Crippen LogP contribution is 2.32. The fourth-order valence-corrected chi connectivity index (χ4v) is 8.08. The number of aromatic nitrogens is 3. The third-order valence-electron chi connectivity index (χ3n) is 10.8. The highest BCUT2D eigenvalue weighted by Gasteiger charge is 2.23. The van der Waals surface area contributed by atoms with Crippen LogP contribution >= 0.6 is 11.6 Å². The molecule has 0 radical (unpaired) electrons. The maximum atomic E-state index is 13.8. The van der Waals surface area contributed by atoms with E-state index in [1.807, 2.05) is 42.1 Å². The maximum absolute atomic E-state index is 13.8. The van der Waals surface area contributed by atoms with E-state index in [1.54, 1.807) is 12.1 Å². The Morgan fingerprint density at radius 1 is 0.964 bits per heavy atom. The fraction of sp³-hybridized carbons (Fsp3) is 0.409. The summed E-state index contributed by atoms with van der Waals surface area (Å²) < 4.78 is 7.52. The summed E-state index contributed by atoms with van der Waals surface area (Å²) in [7, 11) is 0. The first-order valence-electron chi connectivity index (χ1n) is 19.9. The van der Waals surface area contributed by atoms with Crippen LogP contribution in [0, 0.1) is 6.92 Å². The highest BCUT2D eigenvalue weighted by atomic mass is 35.5. The Morgan fingerprint density at radius 2 is 1.73 bits per heavy atom. The third-order valence-corrected chi connectivity index (χ3v) is 11.1. The standard InChI is InChI=1S/C44H53ClN8O3/c1-5-40-37(41(50-35-12-16-56-17-13-35)38-25-49-53(6-2)42(38)51-40)24-48-44(55)34-19-28(3)18-33(22-34)43(54)47-23-30-10-11-39(45)36(21-30)32-9-7-8-31(20-32)27-52-15-14-46-29(4)26-52/h7-11,18-22,25,29,35,46H,5-6,12-17,23-24,26-27H2,1-4H3,(H,47,54)(H,48,55)(H,50,51)/t29-/m0/s1. The SMILES string of the molecule is CCc1nc2c(cnn2CC)c(NC2CCOCC2)c1CNC(=O)c1cc(C)cc(C(=O)NCc2ccc(Cl)c(-c3cccc(CN4CCN[C@@H](C)C4)c3)c2)c1. The van der Waals surface area contributed by atoms with Crippen molar-refractivity contribution in [3.8, 4) is 11.1 Å². The Kier molecular flexibility index (Phi) is 12.7. The number of aryl methyl sites for hydroxylation is 3. The number of anilines is 1. The molecule has 3 aromatic carbocycles. The molecule has 2 aromatic heterocycles. The van der Waals surface area contributed by atoms with Crippen molar-refractivity contribution in [1.29, 1.82) is 0 Å². The lowest BCUT2D eigenvalue weighted by molar-refractivity contribution is 0.0904. The summed E-state index contributed by atoms with van der Waals surface area (Å²) in [6.07, 6.45) is 4.36. The number of nitrogens with one attached hydrogen (secondary N) is 4. The number of carbonyl (C=O) groups is 2. The molecule has 56 heavy (non-hydrogen) atoms. The minimum absolute atomic E-state index is 0.249. The zero-order chi connectivity index (χ0) is 39.2.